The first-order valence-electron chi connectivity index (χ1n) is 7.97. The maximum Gasteiger partial charge on any atom is 0.124 e. The van der Waals surface area contributed by atoms with E-state index in [4.69, 9.17) is 44.6 Å². The fourth-order valence-corrected chi connectivity index (χ4v) is 2.74. The number of ether oxygens (including phenoxy) is 1. The van der Waals surface area contributed by atoms with Crippen LogP contribution in [-0.4, -0.2) is 31.3 Å². The van der Waals surface area contributed by atoms with Crippen LogP contribution < -0.4 is 15.4 Å². The van der Waals surface area contributed by atoms with Crippen LogP contribution in [-0.2, 0) is 13.2 Å². The second-order valence-corrected chi connectivity index (χ2v) is 6.69. The second kappa shape index (κ2) is 10.9. The van der Waals surface area contributed by atoms with E-state index in [2.05, 4.69) is 10.6 Å². The van der Waals surface area contributed by atoms with Gasteiger partial charge in [-0.25, -0.2) is 0 Å². The van der Waals surface area contributed by atoms with Crippen LogP contribution >= 0.6 is 34.8 Å². The Balaban J connectivity index is 1.92. The van der Waals surface area contributed by atoms with E-state index in [0.717, 1.165) is 30.0 Å². The molecule has 0 bridgehead atoms. The number of aliphatic hydroxyl groups excluding tert-OH is 1. The number of halogens is 3. The molecule has 0 aromatic heterocycles. The minimum absolute atomic E-state index is 0.140. The molecule has 2 rings (SSSR count). The van der Waals surface area contributed by atoms with Crippen LogP contribution in [0.2, 0.25) is 15.1 Å². The largest absolute Gasteiger partial charge is 0.489 e. The highest BCUT2D eigenvalue weighted by Crippen LogP contribution is 2.26. The number of benzene rings is 2. The fourth-order valence-electron chi connectivity index (χ4n) is 2.22. The van der Waals surface area contributed by atoms with E-state index in [0.29, 0.717) is 34.8 Å². The van der Waals surface area contributed by atoms with Gasteiger partial charge in [-0.05, 0) is 35.9 Å². The molecule has 0 fully saturated rings. The monoisotopic (exact) mass is 402 g/mol. The smallest absolute Gasteiger partial charge is 0.124 e. The van der Waals surface area contributed by atoms with Crippen molar-refractivity contribution in [2.24, 2.45) is 0 Å². The molecule has 7 heteroatoms. The average Bonchev–Trinajstić information content (AvgIpc) is 2.60. The van der Waals surface area contributed by atoms with Gasteiger partial charge in [-0.15, -0.1) is 0 Å². The van der Waals surface area contributed by atoms with Gasteiger partial charge in [0.2, 0.25) is 0 Å². The number of hydrogen-bond acceptors (Lipinski definition) is 4. The minimum atomic E-state index is 0.140. The molecule has 2 aromatic carbocycles. The van der Waals surface area contributed by atoms with E-state index >= 15 is 0 Å². The van der Waals surface area contributed by atoms with E-state index < -0.39 is 0 Å². The molecule has 0 aliphatic rings. The molecule has 0 spiro atoms. The highest BCUT2D eigenvalue weighted by molar-refractivity contribution is 6.42. The molecule has 0 unspecified atom stereocenters. The van der Waals surface area contributed by atoms with Crippen LogP contribution in [0.1, 0.15) is 11.1 Å². The van der Waals surface area contributed by atoms with Crippen LogP contribution in [0.5, 0.6) is 5.75 Å². The molecule has 0 heterocycles. The molecule has 0 aliphatic heterocycles. The van der Waals surface area contributed by atoms with Crippen LogP contribution in [0.3, 0.4) is 0 Å². The van der Waals surface area contributed by atoms with E-state index in [1.807, 2.05) is 18.2 Å². The molecular formula is C18H21Cl3N2O2. The van der Waals surface area contributed by atoms with Gasteiger partial charge in [-0.2, -0.15) is 0 Å². The van der Waals surface area contributed by atoms with Crippen LogP contribution in [0.25, 0.3) is 0 Å². The van der Waals surface area contributed by atoms with Gasteiger partial charge in [0.05, 0.1) is 16.7 Å². The quantitative estimate of drug-likeness (QED) is 0.527. The van der Waals surface area contributed by atoms with Crippen molar-refractivity contribution >= 4 is 34.8 Å². The van der Waals surface area contributed by atoms with Gasteiger partial charge in [0, 0.05) is 36.8 Å². The van der Waals surface area contributed by atoms with Crippen molar-refractivity contribution < 1.29 is 9.84 Å². The zero-order valence-electron chi connectivity index (χ0n) is 13.7. The first kappa shape index (κ1) is 20.3. The highest BCUT2D eigenvalue weighted by Gasteiger charge is 2.06. The van der Waals surface area contributed by atoms with Gasteiger partial charge < -0.3 is 20.5 Å². The summed E-state index contributed by atoms with van der Waals surface area (Å²) in [6.07, 6.45) is 0. The molecule has 0 aliphatic carbocycles. The third-order valence-corrected chi connectivity index (χ3v) is 4.46. The third-order valence-electron chi connectivity index (χ3n) is 3.48. The van der Waals surface area contributed by atoms with Crippen molar-refractivity contribution in [1.29, 1.82) is 0 Å². The summed E-state index contributed by atoms with van der Waals surface area (Å²) in [4.78, 5) is 0. The normalized spacial score (nSPS) is 10.9. The zero-order chi connectivity index (χ0) is 18.1. The Morgan fingerprint density at radius 1 is 0.880 bits per heavy atom. The van der Waals surface area contributed by atoms with Gasteiger partial charge >= 0.3 is 0 Å². The molecule has 136 valence electrons. The Bertz CT molecular complexity index is 683. The first-order chi connectivity index (χ1) is 12.1. The summed E-state index contributed by atoms with van der Waals surface area (Å²) in [6.45, 7) is 3.32. The lowest BCUT2D eigenvalue weighted by Gasteiger charge is -2.13. The van der Waals surface area contributed by atoms with Crippen molar-refractivity contribution in [3.63, 3.8) is 0 Å². The Morgan fingerprint density at radius 2 is 1.68 bits per heavy atom. The van der Waals surface area contributed by atoms with E-state index in [1.54, 1.807) is 18.2 Å². The molecule has 4 nitrogen and oxygen atoms in total. The summed E-state index contributed by atoms with van der Waals surface area (Å²) >= 11 is 18.1. The minimum Gasteiger partial charge on any atom is -0.489 e. The first-order valence-corrected chi connectivity index (χ1v) is 9.11. The Kier molecular flexibility index (Phi) is 8.82. The Hall–Kier alpha value is -1.01. The zero-order valence-corrected chi connectivity index (χ0v) is 16.0. The van der Waals surface area contributed by atoms with Gasteiger partial charge in [0.25, 0.3) is 0 Å². The Labute approximate surface area is 163 Å². The number of hydrogen-bond donors (Lipinski definition) is 3. The summed E-state index contributed by atoms with van der Waals surface area (Å²) in [5.74, 6) is 0.770. The highest BCUT2D eigenvalue weighted by atomic mass is 35.5. The summed E-state index contributed by atoms with van der Waals surface area (Å²) in [7, 11) is 0. The summed E-state index contributed by atoms with van der Waals surface area (Å²) < 4.78 is 5.92. The van der Waals surface area contributed by atoms with Crippen molar-refractivity contribution in [2.75, 3.05) is 26.2 Å². The molecular weight excluding hydrogens is 383 g/mol. The molecule has 2 aromatic rings. The number of aliphatic hydroxyl groups is 1. The number of rotatable bonds is 10. The van der Waals surface area contributed by atoms with Crippen LogP contribution in [0, 0.1) is 0 Å². The molecule has 0 radical (unpaired) electrons. The third kappa shape index (κ3) is 7.02. The molecule has 25 heavy (non-hydrogen) atoms. The predicted octanol–water partition coefficient (Wildman–Crippen LogP) is 3.90. The van der Waals surface area contributed by atoms with Crippen molar-refractivity contribution in [1.82, 2.24) is 10.6 Å². The number of nitrogens with one attached hydrogen (secondary N) is 2. The van der Waals surface area contributed by atoms with Gasteiger partial charge in [0.15, 0.2) is 0 Å². The SMILES string of the molecule is OCCNCCNCc1cc(Cl)ccc1OCc1ccc(Cl)c(Cl)c1. The molecule has 3 N–H and O–H groups in total. The summed E-state index contributed by atoms with van der Waals surface area (Å²) in [5.41, 5.74) is 1.92. The van der Waals surface area contributed by atoms with E-state index in [9.17, 15) is 0 Å². The maximum atomic E-state index is 8.72. The van der Waals surface area contributed by atoms with Gasteiger partial charge in [-0.3, -0.25) is 0 Å². The topological polar surface area (TPSA) is 53.5 Å². The Morgan fingerprint density at radius 3 is 2.44 bits per heavy atom. The molecule has 0 saturated heterocycles. The van der Waals surface area contributed by atoms with Crippen LogP contribution in [0.15, 0.2) is 36.4 Å². The molecule has 0 saturated carbocycles. The van der Waals surface area contributed by atoms with Gasteiger partial charge in [-0.1, -0.05) is 40.9 Å². The molecule has 0 amide bonds. The van der Waals surface area contributed by atoms with Gasteiger partial charge in [0.1, 0.15) is 12.4 Å². The summed E-state index contributed by atoms with van der Waals surface area (Å²) in [5, 5.41) is 16.9. The summed E-state index contributed by atoms with van der Waals surface area (Å²) in [6, 6.07) is 11.0. The van der Waals surface area contributed by atoms with E-state index in [-0.39, 0.29) is 6.61 Å². The lowest BCUT2D eigenvalue weighted by Crippen LogP contribution is -2.28. The average molecular weight is 404 g/mol. The lowest BCUT2D eigenvalue weighted by atomic mass is 10.2. The lowest BCUT2D eigenvalue weighted by molar-refractivity contribution is 0.292. The van der Waals surface area contributed by atoms with Crippen molar-refractivity contribution in [3.05, 3.63) is 62.6 Å². The standard InChI is InChI=1S/C18H21Cl3N2O2/c19-15-2-4-18(14(10-15)11-23-6-5-22-7-8-24)25-12-13-1-3-16(20)17(21)9-13/h1-4,9-10,22-24H,5-8,11-12H2. The predicted molar refractivity (Wildman–Crippen MR) is 104 cm³/mol. The second-order valence-electron chi connectivity index (χ2n) is 5.44. The van der Waals surface area contributed by atoms with Crippen LogP contribution in [0.4, 0.5) is 0 Å². The van der Waals surface area contributed by atoms with Crippen molar-refractivity contribution in [3.8, 4) is 5.75 Å². The fraction of sp³-hybridized carbons (Fsp3) is 0.333. The maximum absolute atomic E-state index is 8.72. The van der Waals surface area contributed by atoms with E-state index in [1.165, 1.54) is 0 Å². The van der Waals surface area contributed by atoms with Crippen molar-refractivity contribution in [2.45, 2.75) is 13.2 Å². The molecule has 0 atom stereocenters.